The minimum atomic E-state index is -1.01. The number of hydrogen-bond donors (Lipinski definition) is 4. The molecule has 34 heavy (non-hydrogen) atoms. The van der Waals surface area contributed by atoms with Crippen LogP contribution in [0.25, 0.3) is 0 Å². The molecule has 0 saturated heterocycles. The van der Waals surface area contributed by atoms with Crippen LogP contribution in [0, 0.1) is 0 Å². The molecule has 2 aromatic rings. The van der Waals surface area contributed by atoms with Gasteiger partial charge in [-0.05, 0) is 51.3 Å². The van der Waals surface area contributed by atoms with E-state index in [4.69, 9.17) is 11.5 Å². The van der Waals surface area contributed by atoms with Crippen molar-refractivity contribution in [2.24, 2.45) is 11.5 Å². The third kappa shape index (κ3) is 7.06. The number of rotatable bonds is 11. The van der Waals surface area contributed by atoms with Gasteiger partial charge in [0, 0.05) is 25.3 Å². The molecule has 1 atom stereocenters. The summed E-state index contributed by atoms with van der Waals surface area (Å²) in [5.74, 6) is -0.159. The van der Waals surface area contributed by atoms with Crippen LogP contribution < -0.4 is 27.0 Å². The van der Waals surface area contributed by atoms with E-state index in [0.29, 0.717) is 36.6 Å². The van der Waals surface area contributed by atoms with E-state index in [1.807, 2.05) is 57.0 Å². The molecular formula is C23H33N7O4. The van der Waals surface area contributed by atoms with Gasteiger partial charge in [0.2, 0.25) is 0 Å². The lowest BCUT2D eigenvalue weighted by molar-refractivity contribution is -0.128. The second-order valence-electron chi connectivity index (χ2n) is 8.06. The highest BCUT2D eigenvalue weighted by atomic mass is 16.6. The number of amides is 3. The van der Waals surface area contributed by atoms with E-state index in [2.05, 4.69) is 25.3 Å². The van der Waals surface area contributed by atoms with Gasteiger partial charge in [0.25, 0.3) is 11.8 Å². The van der Waals surface area contributed by atoms with Crippen LogP contribution in [0.4, 0.5) is 22.1 Å². The van der Waals surface area contributed by atoms with E-state index < -0.39 is 24.0 Å². The molecule has 0 saturated carbocycles. The summed E-state index contributed by atoms with van der Waals surface area (Å²) in [6.45, 7) is 7.80. The lowest BCUT2D eigenvalue weighted by Crippen LogP contribution is -2.37. The molecule has 0 fully saturated rings. The van der Waals surface area contributed by atoms with Crippen LogP contribution in [0.2, 0.25) is 0 Å². The Hall–Kier alpha value is -3.89. The lowest BCUT2D eigenvalue weighted by atomic mass is 10.1. The van der Waals surface area contributed by atoms with Crippen molar-refractivity contribution in [3.8, 4) is 0 Å². The van der Waals surface area contributed by atoms with Crippen LogP contribution in [-0.2, 0) is 22.4 Å². The number of anilines is 3. The second-order valence-corrected chi connectivity index (χ2v) is 8.06. The monoisotopic (exact) mass is 471 g/mol. The van der Waals surface area contributed by atoms with Crippen LogP contribution in [0.5, 0.6) is 0 Å². The largest absolute Gasteiger partial charge is 0.437 e. The second kappa shape index (κ2) is 11.8. The van der Waals surface area contributed by atoms with E-state index in [0.717, 1.165) is 5.56 Å². The smallest absolute Gasteiger partial charge is 0.405 e. The number of nitrogens with two attached hydrogens (primary N) is 2. The highest BCUT2D eigenvalue weighted by Crippen LogP contribution is 2.25. The van der Waals surface area contributed by atoms with Gasteiger partial charge in [-0.15, -0.1) is 0 Å². The molecule has 0 spiro atoms. The molecule has 1 aromatic carbocycles. The zero-order chi connectivity index (χ0) is 25.4. The maximum absolute atomic E-state index is 12.1. The van der Waals surface area contributed by atoms with Crippen LogP contribution in [-0.4, -0.2) is 53.6 Å². The van der Waals surface area contributed by atoms with Crippen molar-refractivity contribution in [3.05, 3.63) is 41.2 Å². The first-order valence-electron chi connectivity index (χ1n) is 11.1. The van der Waals surface area contributed by atoms with Crippen molar-refractivity contribution in [1.82, 2.24) is 15.3 Å². The van der Waals surface area contributed by atoms with Crippen molar-refractivity contribution >= 4 is 35.2 Å². The Morgan fingerprint density at radius 1 is 1.15 bits per heavy atom. The third-order valence-electron chi connectivity index (χ3n) is 5.19. The number of carbonyl (C=O) groups is 3. The average Bonchev–Trinajstić information content (AvgIpc) is 2.77. The zero-order valence-electron chi connectivity index (χ0n) is 20.2. The molecule has 0 bridgehead atoms. The Morgan fingerprint density at radius 2 is 1.85 bits per heavy atom. The molecule has 3 amide bonds. The van der Waals surface area contributed by atoms with Crippen molar-refractivity contribution < 1.29 is 19.1 Å². The standard InChI is InChI=1S/C23H33N7O4/c1-6-17-21(30(5)13(2)3)29-20(18(28-17)19(24)31)27-16-9-7-8-15(12-16)10-11-26-22(32)14(4)34-23(25)33/h7-9,12-14H,6,10-11H2,1-5H3,(H2,24,31)(H2,25,33)(H,26,32)(H,27,29). The summed E-state index contributed by atoms with van der Waals surface area (Å²) in [6.07, 6.45) is -0.852. The maximum atomic E-state index is 12.1. The SMILES string of the molecule is CCc1nc(C(N)=O)c(Nc2cccc(CCNC(=O)C(C)OC(N)=O)c2)nc1N(C)C(C)C. The molecule has 11 heteroatoms. The number of hydrogen-bond acceptors (Lipinski definition) is 8. The van der Waals surface area contributed by atoms with Gasteiger partial charge in [-0.1, -0.05) is 19.1 Å². The normalized spacial score (nSPS) is 11.6. The van der Waals surface area contributed by atoms with Gasteiger partial charge in [0.05, 0.1) is 5.69 Å². The van der Waals surface area contributed by atoms with E-state index >= 15 is 0 Å². The fraction of sp³-hybridized carbons (Fsp3) is 0.435. The number of ether oxygens (including phenoxy) is 1. The predicted molar refractivity (Wildman–Crippen MR) is 130 cm³/mol. The molecule has 1 unspecified atom stereocenters. The first-order valence-corrected chi connectivity index (χ1v) is 11.1. The Labute approximate surface area is 199 Å². The molecular weight excluding hydrogens is 438 g/mol. The summed E-state index contributed by atoms with van der Waals surface area (Å²) >= 11 is 0. The van der Waals surface area contributed by atoms with Gasteiger partial charge < -0.3 is 31.7 Å². The van der Waals surface area contributed by atoms with Crippen LogP contribution in [0.1, 0.15) is 49.4 Å². The molecule has 0 radical (unpaired) electrons. The van der Waals surface area contributed by atoms with Gasteiger partial charge >= 0.3 is 6.09 Å². The maximum Gasteiger partial charge on any atom is 0.405 e. The van der Waals surface area contributed by atoms with Gasteiger partial charge in [-0.2, -0.15) is 0 Å². The van der Waals surface area contributed by atoms with Gasteiger partial charge in [-0.25, -0.2) is 14.8 Å². The van der Waals surface area contributed by atoms with Gasteiger partial charge in [0.15, 0.2) is 23.4 Å². The number of aromatic nitrogens is 2. The molecule has 2 rings (SSSR count). The third-order valence-corrected chi connectivity index (χ3v) is 5.19. The van der Waals surface area contributed by atoms with Crippen molar-refractivity contribution in [2.75, 3.05) is 23.8 Å². The summed E-state index contributed by atoms with van der Waals surface area (Å²) in [5.41, 5.74) is 12.9. The fourth-order valence-electron chi connectivity index (χ4n) is 3.13. The summed E-state index contributed by atoms with van der Waals surface area (Å²) < 4.78 is 4.65. The molecule has 184 valence electrons. The van der Waals surface area contributed by atoms with E-state index in [1.165, 1.54) is 6.92 Å². The molecule has 1 aromatic heterocycles. The highest BCUT2D eigenvalue weighted by molar-refractivity contribution is 5.96. The first-order chi connectivity index (χ1) is 16.0. The number of aryl methyl sites for hydroxylation is 1. The van der Waals surface area contributed by atoms with Crippen LogP contribution in [0.15, 0.2) is 24.3 Å². The minimum Gasteiger partial charge on any atom is -0.437 e. The number of benzene rings is 1. The molecule has 0 aliphatic heterocycles. The summed E-state index contributed by atoms with van der Waals surface area (Å²) in [5, 5.41) is 5.85. The highest BCUT2D eigenvalue weighted by Gasteiger charge is 2.20. The first kappa shape index (κ1) is 26.4. The topological polar surface area (TPSA) is 166 Å². The number of carbonyl (C=O) groups excluding carboxylic acids is 3. The Balaban J connectivity index is 2.20. The summed E-state index contributed by atoms with van der Waals surface area (Å²) in [7, 11) is 1.92. The number of nitrogens with zero attached hydrogens (tertiary/aromatic N) is 3. The molecule has 0 aliphatic rings. The quantitative estimate of drug-likeness (QED) is 0.385. The van der Waals surface area contributed by atoms with E-state index in [9.17, 15) is 14.4 Å². The zero-order valence-corrected chi connectivity index (χ0v) is 20.2. The molecule has 6 N–H and O–H groups in total. The van der Waals surface area contributed by atoms with Crippen LogP contribution in [0.3, 0.4) is 0 Å². The fourth-order valence-corrected chi connectivity index (χ4v) is 3.13. The van der Waals surface area contributed by atoms with Gasteiger partial charge in [0.1, 0.15) is 0 Å². The Bertz CT molecular complexity index is 1040. The van der Waals surface area contributed by atoms with Crippen LogP contribution >= 0.6 is 0 Å². The average molecular weight is 472 g/mol. The van der Waals surface area contributed by atoms with E-state index in [-0.39, 0.29) is 17.6 Å². The van der Waals surface area contributed by atoms with Crippen molar-refractivity contribution in [3.63, 3.8) is 0 Å². The predicted octanol–water partition coefficient (Wildman–Crippen LogP) is 1.87. The van der Waals surface area contributed by atoms with Crippen molar-refractivity contribution in [2.45, 2.75) is 52.7 Å². The number of primary amides is 2. The van der Waals surface area contributed by atoms with Gasteiger partial charge in [-0.3, -0.25) is 9.59 Å². The molecule has 1 heterocycles. The Morgan fingerprint density at radius 3 is 2.44 bits per heavy atom. The number of nitrogens with one attached hydrogen (secondary N) is 2. The molecule has 0 aliphatic carbocycles. The lowest BCUT2D eigenvalue weighted by Gasteiger charge is -2.25. The van der Waals surface area contributed by atoms with Crippen molar-refractivity contribution in [1.29, 1.82) is 0 Å². The molecule has 11 nitrogen and oxygen atoms in total. The summed E-state index contributed by atoms with van der Waals surface area (Å²) in [6, 6.07) is 7.64. The minimum absolute atomic E-state index is 0.0684. The van der Waals surface area contributed by atoms with E-state index in [1.54, 1.807) is 0 Å². The summed E-state index contributed by atoms with van der Waals surface area (Å²) in [4.78, 5) is 45.9. The Kier molecular flexibility index (Phi) is 9.17.